The van der Waals surface area contributed by atoms with Crippen molar-refractivity contribution in [2.24, 2.45) is 0 Å². The molecule has 1 fully saturated rings. The van der Waals surface area contributed by atoms with Crippen molar-refractivity contribution in [2.45, 2.75) is 12.5 Å². The van der Waals surface area contributed by atoms with Gasteiger partial charge in [0.15, 0.2) is 0 Å². The van der Waals surface area contributed by atoms with Gasteiger partial charge in [-0.25, -0.2) is 0 Å². The van der Waals surface area contributed by atoms with E-state index in [1.807, 2.05) is 18.2 Å². The van der Waals surface area contributed by atoms with Crippen molar-refractivity contribution in [2.75, 3.05) is 6.54 Å². The zero-order valence-corrected chi connectivity index (χ0v) is 7.47. The van der Waals surface area contributed by atoms with Crippen LogP contribution in [0.4, 0.5) is 0 Å². The van der Waals surface area contributed by atoms with Crippen LogP contribution in [0.15, 0.2) is 24.3 Å². The lowest BCUT2D eigenvalue weighted by molar-refractivity contribution is 0.381. The Morgan fingerprint density at radius 3 is 2.67 bits per heavy atom. The monoisotopic (exact) mass is 185 g/mol. The molecule has 0 amide bonds. The Kier molecular flexibility index (Phi) is 2.95. The molecule has 1 saturated heterocycles. The van der Waals surface area contributed by atoms with Crippen molar-refractivity contribution in [3.8, 4) is 5.75 Å². The molecule has 1 aliphatic heterocycles. The van der Waals surface area contributed by atoms with E-state index in [-0.39, 0.29) is 12.4 Å². The van der Waals surface area contributed by atoms with Crippen LogP contribution in [0.3, 0.4) is 0 Å². The highest BCUT2D eigenvalue weighted by molar-refractivity contribution is 5.85. The zero-order valence-electron chi connectivity index (χ0n) is 6.66. The van der Waals surface area contributed by atoms with Gasteiger partial charge in [0.2, 0.25) is 0 Å². The predicted molar refractivity (Wildman–Crippen MR) is 50.7 cm³/mol. The lowest BCUT2D eigenvalue weighted by Gasteiger charge is -2.27. The van der Waals surface area contributed by atoms with E-state index >= 15 is 0 Å². The first kappa shape index (κ1) is 9.36. The van der Waals surface area contributed by atoms with Gasteiger partial charge in [-0.1, -0.05) is 12.1 Å². The molecule has 0 bridgehead atoms. The smallest absolute Gasteiger partial charge is 0.115 e. The summed E-state index contributed by atoms with van der Waals surface area (Å²) in [7, 11) is 0. The molecule has 3 heteroatoms. The van der Waals surface area contributed by atoms with Crippen LogP contribution in [-0.2, 0) is 0 Å². The molecule has 2 rings (SSSR count). The maximum Gasteiger partial charge on any atom is 0.115 e. The largest absolute Gasteiger partial charge is 0.508 e. The molecule has 1 aliphatic rings. The number of hydrogen-bond donors (Lipinski definition) is 2. The molecule has 0 aliphatic carbocycles. The molecular formula is C9H12ClNO. The van der Waals surface area contributed by atoms with Crippen molar-refractivity contribution in [3.63, 3.8) is 0 Å². The van der Waals surface area contributed by atoms with E-state index in [1.165, 1.54) is 12.0 Å². The third-order valence-electron chi connectivity index (χ3n) is 2.10. The molecule has 12 heavy (non-hydrogen) atoms. The predicted octanol–water partition coefficient (Wildman–Crippen LogP) is 1.85. The van der Waals surface area contributed by atoms with Crippen LogP contribution in [0.1, 0.15) is 18.0 Å². The van der Waals surface area contributed by atoms with E-state index in [9.17, 15) is 0 Å². The van der Waals surface area contributed by atoms with Crippen LogP contribution >= 0.6 is 12.4 Å². The molecular weight excluding hydrogens is 174 g/mol. The Morgan fingerprint density at radius 2 is 2.17 bits per heavy atom. The van der Waals surface area contributed by atoms with Gasteiger partial charge in [0.05, 0.1) is 0 Å². The van der Waals surface area contributed by atoms with Gasteiger partial charge in [-0.2, -0.15) is 0 Å². The third kappa shape index (κ3) is 1.71. The second kappa shape index (κ2) is 3.78. The van der Waals surface area contributed by atoms with E-state index in [0.717, 1.165) is 6.54 Å². The number of phenols is 1. The molecule has 1 atom stereocenters. The van der Waals surface area contributed by atoms with Crippen molar-refractivity contribution in [3.05, 3.63) is 29.8 Å². The SMILES string of the molecule is Cl.Oc1cccc([C@H]2CCN2)c1. The van der Waals surface area contributed by atoms with Crippen LogP contribution in [-0.4, -0.2) is 11.7 Å². The van der Waals surface area contributed by atoms with Crippen LogP contribution in [0.25, 0.3) is 0 Å². The fourth-order valence-corrected chi connectivity index (χ4v) is 1.31. The van der Waals surface area contributed by atoms with Gasteiger partial charge >= 0.3 is 0 Å². The number of nitrogens with one attached hydrogen (secondary N) is 1. The second-order valence-electron chi connectivity index (χ2n) is 2.89. The Balaban J connectivity index is 0.000000720. The number of aromatic hydroxyl groups is 1. The number of phenolic OH excluding ortho intramolecular Hbond substituents is 1. The van der Waals surface area contributed by atoms with Crippen molar-refractivity contribution in [1.82, 2.24) is 5.32 Å². The average molecular weight is 186 g/mol. The van der Waals surface area contributed by atoms with Crippen LogP contribution in [0.5, 0.6) is 5.75 Å². The molecule has 0 saturated carbocycles. The minimum Gasteiger partial charge on any atom is -0.508 e. The number of rotatable bonds is 1. The van der Waals surface area contributed by atoms with Gasteiger partial charge < -0.3 is 10.4 Å². The molecule has 1 aromatic rings. The molecule has 1 aromatic carbocycles. The summed E-state index contributed by atoms with van der Waals surface area (Å²) >= 11 is 0. The van der Waals surface area contributed by atoms with Gasteiger partial charge in [-0.3, -0.25) is 0 Å². The summed E-state index contributed by atoms with van der Waals surface area (Å²) in [5, 5.41) is 12.4. The first-order chi connectivity index (χ1) is 5.36. The minimum atomic E-state index is 0. The van der Waals surface area contributed by atoms with Gasteiger partial charge in [0.25, 0.3) is 0 Å². The molecule has 0 radical (unpaired) electrons. The standard InChI is InChI=1S/C9H11NO.ClH/c11-8-3-1-2-7(6-8)9-4-5-10-9;/h1-3,6,9-11H,4-5H2;1H/t9-;/m1./s1. The van der Waals surface area contributed by atoms with Crippen LogP contribution in [0.2, 0.25) is 0 Å². The van der Waals surface area contributed by atoms with E-state index in [0.29, 0.717) is 11.8 Å². The van der Waals surface area contributed by atoms with Gasteiger partial charge in [0, 0.05) is 6.04 Å². The summed E-state index contributed by atoms with van der Waals surface area (Å²) in [6.45, 7) is 1.10. The van der Waals surface area contributed by atoms with Crippen molar-refractivity contribution >= 4 is 12.4 Å². The Morgan fingerprint density at radius 1 is 1.42 bits per heavy atom. The summed E-state index contributed by atoms with van der Waals surface area (Å²) < 4.78 is 0. The molecule has 1 heterocycles. The quantitative estimate of drug-likeness (QED) is 0.700. The summed E-state index contributed by atoms with van der Waals surface area (Å²) in [5.74, 6) is 0.358. The van der Waals surface area contributed by atoms with E-state index in [1.54, 1.807) is 6.07 Å². The fraction of sp³-hybridized carbons (Fsp3) is 0.333. The van der Waals surface area contributed by atoms with E-state index < -0.39 is 0 Å². The molecule has 2 N–H and O–H groups in total. The third-order valence-corrected chi connectivity index (χ3v) is 2.10. The maximum atomic E-state index is 9.15. The van der Waals surface area contributed by atoms with Gasteiger partial charge in [-0.05, 0) is 30.7 Å². The summed E-state index contributed by atoms with van der Waals surface area (Å²) in [6.07, 6.45) is 1.18. The Bertz CT molecular complexity index is 260. The van der Waals surface area contributed by atoms with Crippen molar-refractivity contribution < 1.29 is 5.11 Å². The summed E-state index contributed by atoms with van der Waals surface area (Å²) in [6, 6.07) is 7.90. The summed E-state index contributed by atoms with van der Waals surface area (Å²) in [5.41, 5.74) is 1.19. The second-order valence-corrected chi connectivity index (χ2v) is 2.89. The normalized spacial score (nSPS) is 20.8. The number of hydrogen-bond acceptors (Lipinski definition) is 2. The molecule has 66 valence electrons. The summed E-state index contributed by atoms with van der Waals surface area (Å²) in [4.78, 5) is 0. The lowest BCUT2D eigenvalue weighted by Crippen LogP contribution is -2.34. The van der Waals surface area contributed by atoms with Gasteiger partial charge in [-0.15, -0.1) is 12.4 Å². The minimum absolute atomic E-state index is 0. The number of benzene rings is 1. The first-order valence-electron chi connectivity index (χ1n) is 3.88. The highest BCUT2D eigenvalue weighted by Gasteiger charge is 2.17. The van der Waals surface area contributed by atoms with Crippen molar-refractivity contribution in [1.29, 1.82) is 0 Å². The molecule has 0 unspecified atom stereocenters. The van der Waals surface area contributed by atoms with Crippen LogP contribution in [0, 0.1) is 0 Å². The number of halogens is 1. The highest BCUT2D eigenvalue weighted by Crippen LogP contribution is 2.24. The molecule has 2 nitrogen and oxygen atoms in total. The molecule has 0 aromatic heterocycles. The molecule has 0 spiro atoms. The topological polar surface area (TPSA) is 32.3 Å². The highest BCUT2D eigenvalue weighted by atomic mass is 35.5. The maximum absolute atomic E-state index is 9.15. The van der Waals surface area contributed by atoms with E-state index in [2.05, 4.69) is 5.32 Å². The average Bonchev–Trinajstić information content (AvgIpc) is 1.83. The van der Waals surface area contributed by atoms with E-state index in [4.69, 9.17) is 5.11 Å². The first-order valence-corrected chi connectivity index (χ1v) is 3.88. The fourth-order valence-electron chi connectivity index (χ4n) is 1.31. The Hall–Kier alpha value is -0.730. The lowest BCUT2D eigenvalue weighted by atomic mass is 9.98. The zero-order chi connectivity index (χ0) is 7.68. The Labute approximate surface area is 78.0 Å². The van der Waals surface area contributed by atoms with Gasteiger partial charge in [0.1, 0.15) is 5.75 Å². The van der Waals surface area contributed by atoms with Crippen LogP contribution < -0.4 is 5.32 Å².